The fraction of sp³-hybridized carbons (Fsp3) is 0.476. The average Bonchev–Trinajstić information content (AvgIpc) is 3.33. The minimum Gasteiger partial charge on any atom is -0.360 e. The fourth-order valence-electron chi connectivity index (χ4n) is 3.34. The summed E-state index contributed by atoms with van der Waals surface area (Å²) in [6.45, 7) is 9.04. The number of unbranched alkanes of at least 4 members (excludes halogenated alkanes) is 1. The number of anilines is 1. The van der Waals surface area contributed by atoms with Crippen LogP contribution < -0.4 is 5.32 Å². The van der Waals surface area contributed by atoms with E-state index in [-0.39, 0.29) is 16.6 Å². The number of hydrogen-bond acceptors (Lipinski definition) is 7. The molecule has 9 nitrogen and oxygen atoms in total. The first-order valence-corrected chi connectivity index (χ1v) is 13.1. The van der Waals surface area contributed by atoms with Crippen LogP contribution in [0.15, 0.2) is 38.8 Å². The maximum absolute atomic E-state index is 12.9. The van der Waals surface area contributed by atoms with Gasteiger partial charge in [0.15, 0.2) is 11.0 Å². The predicted octanol–water partition coefficient (Wildman–Crippen LogP) is 3.89. The van der Waals surface area contributed by atoms with Crippen molar-refractivity contribution in [1.82, 2.24) is 19.0 Å². The predicted molar refractivity (Wildman–Crippen MR) is 125 cm³/mol. The molecular weight excluding hydrogens is 450 g/mol. The standard InChI is InChI=1S/C21H29N5O4S2/c1-5-8-11-26-18-10-9-16(32(28,29)25(6-2)7-3)13-17(18)22-21(26)31-14-20(27)23-19-12-15(4)30-24-19/h9-10,12-13H,5-8,11,14H2,1-4H3,(H,23,24,27). The van der Waals surface area contributed by atoms with E-state index in [1.165, 1.54) is 16.1 Å². The first kappa shape index (κ1) is 24.3. The zero-order chi connectivity index (χ0) is 23.3. The number of aromatic nitrogens is 3. The van der Waals surface area contributed by atoms with Gasteiger partial charge in [-0.3, -0.25) is 4.79 Å². The summed E-state index contributed by atoms with van der Waals surface area (Å²) < 4.78 is 34.3. The average molecular weight is 480 g/mol. The molecule has 32 heavy (non-hydrogen) atoms. The van der Waals surface area contributed by atoms with Crippen LogP contribution in [0.3, 0.4) is 0 Å². The van der Waals surface area contributed by atoms with Gasteiger partial charge in [-0.25, -0.2) is 13.4 Å². The van der Waals surface area contributed by atoms with Gasteiger partial charge in [-0.15, -0.1) is 0 Å². The molecule has 0 unspecified atom stereocenters. The molecular formula is C21H29N5O4S2. The number of carbonyl (C=O) groups excluding carboxylic acids is 1. The van der Waals surface area contributed by atoms with E-state index in [9.17, 15) is 13.2 Å². The highest BCUT2D eigenvalue weighted by atomic mass is 32.2. The molecule has 1 N–H and O–H groups in total. The third kappa shape index (κ3) is 5.33. The van der Waals surface area contributed by atoms with E-state index in [2.05, 4.69) is 22.4 Å². The first-order valence-electron chi connectivity index (χ1n) is 10.7. The van der Waals surface area contributed by atoms with Crippen LogP contribution in [0.4, 0.5) is 5.82 Å². The molecule has 1 aromatic carbocycles. The lowest BCUT2D eigenvalue weighted by atomic mass is 10.3. The Balaban J connectivity index is 1.86. The Bertz CT molecular complexity index is 1180. The smallest absolute Gasteiger partial charge is 0.243 e. The molecule has 0 atom stereocenters. The molecule has 0 aliphatic heterocycles. The zero-order valence-corrected chi connectivity index (χ0v) is 20.4. The molecule has 0 saturated carbocycles. The fourth-order valence-corrected chi connectivity index (χ4v) is 5.66. The van der Waals surface area contributed by atoms with Crippen LogP contribution in [-0.2, 0) is 21.4 Å². The summed E-state index contributed by atoms with van der Waals surface area (Å²) in [5.74, 6) is 0.914. The highest BCUT2D eigenvalue weighted by molar-refractivity contribution is 7.99. The van der Waals surface area contributed by atoms with Crippen molar-refractivity contribution in [1.29, 1.82) is 0 Å². The normalized spacial score (nSPS) is 12.0. The van der Waals surface area contributed by atoms with E-state index in [4.69, 9.17) is 4.52 Å². The summed E-state index contributed by atoms with van der Waals surface area (Å²) in [4.78, 5) is 17.2. The van der Waals surface area contributed by atoms with Crippen LogP contribution in [0, 0.1) is 6.92 Å². The summed E-state index contributed by atoms with van der Waals surface area (Å²) in [5.41, 5.74) is 1.45. The van der Waals surface area contributed by atoms with Gasteiger partial charge in [0.2, 0.25) is 15.9 Å². The van der Waals surface area contributed by atoms with Gasteiger partial charge in [0.05, 0.1) is 21.7 Å². The number of imidazole rings is 1. The summed E-state index contributed by atoms with van der Waals surface area (Å²) in [6, 6.07) is 6.70. The Labute approximate surface area is 192 Å². The Morgan fingerprint density at radius 1 is 1.22 bits per heavy atom. The van der Waals surface area contributed by atoms with Crippen molar-refractivity contribution in [2.75, 3.05) is 24.2 Å². The lowest BCUT2D eigenvalue weighted by Crippen LogP contribution is -2.30. The minimum atomic E-state index is -3.57. The molecule has 0 radical (unpaired) electrons. The van der Waals surface area contributed by atoms with Crippen molar-refractivity contribution in [3.8, 4) is 0 Å². The SMILES string of the molecule is CCCCn1c(SCC(=O)Nc2cc(C)on2)nc2cc(S(=O)(=O)N(CC)CC)ccc21. The molecule has 2 heterocycles. The Hall–Kier alpha value is -2.37. The lowest BCUT2D eigenvalue weighted by Gasteiger charge is -2.18. The van der Waals surface area contributed by atoms with E-state index in [1.807, 2.05) is 18.4 Å². The topological polar surface area (TPSA) is 110 Å². The number of hydrogen-bond donors (Lipinski definition) is 1. The Kier molecular flexibility index (Phi) is 7.96. The summed E-state index contributed by atoms with van der Waals surface area (Å²) >= 11 is 1.31. The first-order chi connectivity index (χ1) is 15.3. The molecule has 0 aliphatic carbocycles. The highest BCUT2D eigenvalue weighted by Crippen LogP contribution is 2.28. The second-order valence-electron chi connectivity index (χ2n) is 7.30. The van der Waals surface area contributed by atoms with Crippen LogP contribution in [-0.4, -0.2) is 52.2 Å². The second-order valence-corrected chi connectivity index (χ2v) is 10.2. The number of carbonyl (C=O) groups is 1. The van der Waals surface area contributed by atoms with E-state index < -0.39 is 10.0 Å². The summed E-state index contributed by atoms with van der Waals surface area (Å²) in [7, 11) is -3.57. The number of sulfonamides is 1. The van der Waals surface area contributed by atoms with Gasteiger partial charge in [0, 0.05) is 25.7 Å². The van der Waals surface area contributed by atoms with Gasteiger partial charge in [-0.1, -0.05) is 44.1 Å². The molecule has 0 fully saturated rings. The maximum atomic E-state index is 12.9. The molecule has 3 rings (SSSR count). The number of fused-ring (bicyclic) bond motifs is 1. The third-order valence-electron chi connectivity index (χ3n) is 4.99. The molecule has 0 saturated heterocycles. The van der Waals surface area contributed by atoms with Gasteiger partial charge < -0.3 is 14.4 Å². The van der Waals surface area contributed by atoms with E-state index >= 15 is 0 Å². The number of thioether (sulfide) groups is 1. The number of nitrogens with zero attached hydrogens (tertiary/aromatic N) is 4. The maximum Gasteiger partial charge on any atom is 0.243 e. The van der Waals surface area contributed by atoms with E-state index in [0.29, 0.717) is 35.3 Å². The molecule has 11 heteroatoms. The van der Waals surface area contributed by atoms with Crippen molar-refractivity contribution in [2.45, 2.75) is 57.1 Å². The van der Waals surface area contributed by atoms with E-state index in [1.54, 1.807) is 31.2 Å². The van der Waals surface area contributed by atoms with Crippen molar-refractivity contribution in [3.63, 3.8) is 0 Å². The monoisotopic (exact) mass is 479 g/mol. The van der Waals surface area contributed by atoms with Crippen LogP contribution in [0.2, 0.25) is 0 Å². The lowest BCUT2D eigenvalue weighted by molar-refractivity contribution is -0.113. The molecule has 0 bridgehead atoms. The minimum absolute atomic E-state index is 0.145. The molecule has 2 aromatic heterocycles. The van der Waals surface area contributed by atoms with Crippen molar-refractivity contribution >= 4 is 44.5 Å². The quantitative estimate of drug-likeness (QED) is 0.415. The van der Waals surface area contributed by atoms with E-state index in [0.717, 1.165) is 24.9 Å². The number of aryl methyl sites for hydroxylation is 2. The van der Waals surface area contributed by atoms with Gasteiger partial charge in [0.1, 0.15) is 5.76 Å². The van der Waals surface area contributed by atoms with Gasteiger partial charge in [-0.05, 0) is 31.5 Å². The van der Waals surface area contributed by atoms with Crippen LogP contribution >= 0.6 is 11.8 Å². The molecule has 0 spiro atoms. The number of benzene rings is 1. The zero-order valence-electron chi connectivity index (χ0n) is 18.8. The van der Waals surface area contributed by atoms with Crippen LogP contribution in [0.5, 0.6) is 0 Å². The van der Waals surface area contributed by atoms with Gasteiger partial charge in [0.25, 0.3) is 0 Å². The highest BCUT2D eigenvalue weighted by Gasteiger charge is 2.23. The van der Waals surface area contributed by atoms with Gasteiger partial charge >= 0.3 is 0 Å². The number of nitrogens with one attached hydrogen (secondary N) is 1. The number of rotatable bonds is 11. The second kappa shape index (κ2) is 10.5. The van der Waals surface area contributed by atoms with Crippen molar-refractivity contribution in [3.05, 3.63) is 30.0 Å². The summed E-state index contributed by atoms with van der Waals surface area (Å²) in [5, 5.41) is 7.14. The molecule has 0 aliphatic rings. The third-order valence-corrected chi connectivity index (χ3v) is 8.01. The largest absolute Gasteiger partial charge is 0.360 e. The van der Waals surface area contributed by atoms with Crippen molar-refractivity contribution < 1.29 is 17.7 Å². The van der Waals surface area contributed by atoms with Crippen LogP contribution in [0.1, 0.15) is 39.4 Å². The number of amides is 1. The Morgan fingerprint density at radius 2 is 1.97 bits per heavy atom. The molecule has 174 valence electrons. The molecule has 1 amide bonds. The van der Waals surface area contributed by atoms with Gasteiger partial charge in [-0.2, -0.15) is 4.31 Å². The van der Waals surface area contributed by atoms with Crippen LogP contribution in [0.25, 0.3) is 11.0 Å². The Morgan fingerprint density at radius 3 is 2.59 bits per heavy atom. The molecule has 3 aromatic rings. The summed E-state index contributed by atoms with van der Waals surface area (Å²) in [6.07, 6.45) is 1.95. The van der Waals surface area contributed by atoms with Crippen molar-refractivity contribution in [2.24, 2.45) is 0 Å².